The van der Waals surface area contributed by atoms with Crippen molar-refractivity contribution in [2.45, 2.75) is 39.5 Å². The molecule has 1 aliphatic rings. The van der Waals surface area contributed by atoms with Gasteiger partial charge < -0.3 is 10.2 Å². The van der Waals surface area contributed by atoms with E-state index in [2.05, 4.69) is 22.2 Å². The van der Waals surface area contributed by atoms with E-state index in [-0.39, 0.29) is 5.91 Å². The first-order valence-corrected chi connectivity index (χ1v) is 8.34. The lowest BCUT2D eigenvalue weighted by molar-refractivity contribution is 0.0951. The van der Waals surface area contributed by atoms with Gasteiger partial charge in [0.2, 0.25) is 0 Å². The molecule has 0 spiro atoms. The van der Waals surface area contributed by atoms with Gasteiger partial charge in [-0.1, -0.05) is 6.92 Å². The number of nitrogens with one attached hydrogen (secondary N) is 1. The lowest BCUT2D eigenvalue weighted by Gasteiger charge is -2.29. The third kappa shape index (κ3) is 4.03. The Kier molecular flexibility index (Phi) is 5.54. The van der Waals surface area contributed by atoms with Gasteiger partial charge in [-0.05, 0) is 52.1 Å². The van der Waals surface area contributed by atoms with Gasteiger partial charge in [-0.2, -0.15) is 0 Å². The van der Waals surface area contributed by atoms with E-state index in [1.165, 1.54) is 30.7 Å². The second-order valence-corrected chi connectivity index (χ2v) is 6.88. The number of rotatable bonds is 5. The molecule has 5 heteroatoms. The smallest absolute Gasteiger partial charge is 0.263 e. The van der Waals surface area contributed by atoms with Gasteiger partial charge in [-0.3, -0.25) is 4.79 Å². The van der Waals surface area contributed by atoms with Gasteiger partial charge in [0.15, 0.2) is 0 Å². The second kappa shape index (κ2) is 7.18. The molecule has 1 N–H and O–H groups in total. The molecule has 1 amide bonds. The summed E-state index contributed by atoms with van der Waals surface area (Å²) in [5.41, 5.74) is 0.933. The average molecular weight is 295 g/mol. The van der Waals surface area contributed by atoms with Gasteiger partial charge in [0.05, 0.1) is 10.7 Å². The molecule has 2 rings (SSSR count). The zero-order chi connectivity index (χ0) is 14.5. The number of hydrogen-bond donors (Lipinski definition) is 1. The molecule has 1 aliphatic heterocycles. The maximum absolute atomic E-state index is 12.2. The Balaban J connectivity index is 1.80. The van der Waals surface area contributed by atoms with Crippen molar-refractivity contribution in [1.82, 2.24) is 15.2 Å². The lowest BCUT2D eigenvalue weighted by atomic mass is 9.95. The minimum atomic E-state index is 0.0524. The summed E-state index contributed by atoms with van der Waals surface area (Å²) in [5.74, 6) is 0.777. The zero-order valence-corrected chi connectivity index (χ0v) is 13.6. The quantitative estimate of drug-likeness (QED) is 0.907. The first-order valence-electron chi connectivity index (χ1n) is 7.53. The van der Waals surface area contributed by atoms with Crippen LogP contribution in [0.3, 0.4) is 0 Å². The number of thiazole rings is 1. The zero-order valence-electron chi connectivity index (χ0n) is 12.7. The third-order valence-electron chi connectivity index (χ3n) is 3.91. The van der Waals surface area contributed by atoms with Crippen molar-refractivity contribution >= 4 is 17.2 Å². The number of likely N-dealkylation sites (tertiary alicyclic amines) is 1. The monoisotopic (exact) mass is 295 g/mol. The normalized spacial score (nSPS) is 20.1. The van der Waals surface area contributed by atoms with E-state index in [0.717, 1.165) is 47.4 Å². The van der Waals surface area contributed by atoms with E-state index in [1.54, 1.807) is 0 Å². The molecule has 20 heavy (non-hydrogen) atoms. The van der Waals surface area contributed by atoms with Crippen LogP contribution in [0.2, 0.25) is 0 Å². The van der Waals surface area contributed by atoms with Gasteiger partial charge in [0.25, 0.3) is 5.91 Å². The van der Waals surface area contributed by atoms with Crippen LogP contribution in [-0.2, 0) is 6.42 Å². The number of carbonyl (C=O) groups is 1. The molecule has 2 heterocycles. The molecule has 1 atom stereocenters. The highest BCUT2D eigenvalue weighted by Gasteiger charge is 2.18. The molecular weight excluding hydrogens is 270 g/mol. The first-order chi connectivity index (χ1) is 9.60. The Morgan fingerprint density at radius 1 is 1.55 bits per heavy atom. The molecule has 0 saturated carbocycles. The van der Waals surface area contributed by atoms with Crippen molar-refractivity contribution in [2.75, 3.05) is 26.7 Å². The number of carbonyl (C=O) groups excluding carboxylic acids is 1. The van der Waals surface area contributed by atoms with Gasteiger partial charge >= 0.3 is 0 Å². The maximum atomic E-state index is 12.2. The van der Waals surface area contributed by atoms with Crippen molar-refractivity contribution in [1.29, 1.82) is 0 Å². The Bertz CT molecular complexity index is 458. The second-order valence-electron chi connectivity index (χ2n) is 5.68. The highest BCUT2D eigenvalue weighted by molar-refractivity contribution is 7.13. The average Bonchev–Trinajstić information content (AvgIpc) is 2.80. The van der Waals surface area contributed by atoms with E-state index in [9.17, 15) is 4.79 Å². The fourth-order valence-corrected chi connectivity index (χ4v) is 3.79. The SMILES string of the molecule is CCc1nc(C)sc1C(=O)NCC[C@H]1CCCN(C)C1. The van der Waals surface area contributed by atoms with Crippen LogP contribution in [0.1, 0.15) is 46.6 Å². The van der Waals surface area contributed by atoms with Crippen LogP contribution in [0.4, 0.5) is 0 Å². The van der Waals surface area contributed by atoms with Crippen LogP contribution >= 0.6 is 11.3 Å². The van der Waals surface area contributed by atoms with Crippen LogP contribution < -0.4 is 5.32 Å². The summed E-state index contributed by atoms with van der Waals surface area (Å²) in [6, 6.07) is 0. The third-order valence-corrected chi connectivity index (χ3v) is 4.92. The molecule has 1 fully saturated rings. The molecule has 0 bridgehead atoms. The summed E-state index contributed by atoms with van der Waals surface area (Å²) < 4.78 is 0. The summed E-state index contributed by atoms with van der Waals surface area (Å²) in [6.07, 6.45) is 4.47. The van der Waals surface area contributed by atoms with Gasteiger partial charge in [-0.15, -0.1) is 11.3 Å². The predicted octanol–water partition coefficient (Wildman–Crippen LogP) is 2.48. The largest absolute Gasteiger partial charge is 0.351 e. The van der Waals surface area contributed by atoms with Crippen LogP contribution in [0, 0.1) is 12.8 Å². The number of hydrogen-bond acceptors (Lipinski definition) is 4. The Labute approximate surface area is 125 Å². The molecule has 0 aromatic carbocycles. The first kappa shape index (κ1) is 15.4. The number of aromatic nitrogens is 1. The molecule has 0 aliphatic carbocycles. The molecule has 4 nitrogen and oxygen atoms in total. The van der Waals surface area contributed by atoms with Crippen LogP contribution in [0.15, 0.2) is 0 Å². The van der Waals surface area contributed by atoms with E-state index in [1.807, 2.05) is 13.8 Å². The number of amides is 1. The van der Waals surface area contributed by atoms with Crippen molar-refractivity contribution in [2.24, 2.45) is 5.92 Å². The number of aryl methyl sites for hydroxylation is 2. The Morgan fingerprint density at radius 3 is 3.05 bits per heavy atom. The summed E-state index contributed by atoms with van der Waals surface area (Å²) in [6.45, 7) is 7.15. The topological polar surface area (TPSA) is 45.2 Å². The van der Waals surface area contributed by atoms with Crippen LogP contribution in [0.25, 0.3) is 0 Å². The fourth-order valence-electron chi connectivity index (χ4n) is 2.87. The minimum Gasteiger partial charge on any atom is -0.351 e. The summed E-state index contributed by atoms with van der Waals surface area (Å²) in [5, 5.41) is 4.04. The summed E-state index contributed by atoms with van der Waals surface area (Å²) in [7, 11) is 2.18. The van der Waals surface area contributed by atoms with Crippen molar-refractivity contribution in [3.63, 3.8) is 0 Å². The molecule has 1 aromatic rings. The number of piperidine rings is 1. The van der Waals surface area contributed by atoms with Gasteiger partial charge in [0, 0.05) is 13.1 Å². The van der Waals surface area contributed by atoms with Crippen molar-refractivity contribution in [3.05, 3.63) is 15.6 Å². The molecule has 1 aromatic heterocycles. The van der Waals surface area contributed by atoms with Gasteiger partial charge in [-0.25, -0.2) is 4.98 Å². The molecule has 1 saturated heterocycles. The van der Waals surface area contributed by atoms with Crippen molar-refractivity contribution < 1.29 is 4.79 Å². The van der Waals surface area contributed by atoms with Crippen LogP contribution in [0.5, 0.6) is 0 Å². The standard InChI is InChI=1S/C15H25N3OS/c1-4-13-14(20-11(2)17-13)15(19)16-8-7-12-6-5-9-18(3)10-12/h12H,4-10H2,1-3H3,(H,16,19)/t12-/m1/s1. The van der Waals surface area contributed by atoms with Crippen molar-refractivity contribution in [3.8, 4) is 0 Å². The van der Waals surface area contributed by atoms with Gasteiger partial charge in [0.1, 0.15) is 4.88 Å². The van der Waals surface area contributed by atoms with E-state index >= 15 is 0 Å². The van der Waals surface area contributed by atoms with E-state index in [4.69, 9.17) is 0 Å². The lowest BCUT2D eigenvalue weighted by Crippen LogP contribution is -2.34. The molecular formula is C15H25N3OS. The fraction of sp³-hybridized carbons (Fsp3) is 0.733. The van der Waals surface area contributed by atoms with E-state index < -0.39 is 0 Å². The minimum absolute atomic E-state index is 0.0524. The molecule has 0 unspecified atom stereocenters. The van der Waals surface area contributed by atoms with Crippen LogP contribution in [-0.4, -0.2) is 42.5 Å². The Morgan fingerprint density at radius 2 is 2.35 bits per heavy atom. The molecule has 112 valence electrons. The highest BCUT2D eigenvalue weighted by atomic mass is 32.1. The van der Waals surface area contributed by atoms with E-state index in [0.29, 0.717) is 0 Å². The molecule has 0 radical (unpaired) electrons. The summed E-state index contributed by atoms with van der Waals surface area (Å²) >= 11 is 1.50. The maximum Gasteiger partial charge on any atom is 0.263 e. The highest BCUT2D eigenvalue weighted by Crippen LogP contribution is 2.20. The number of nitrogens with zero attached hydrogens (tertiary/aromatic N) is 2. The summed E-state index contributed by atoms with van der Waals surface area (Å²) in [4.78, 5) is 19.8. The Hall–Kier alpha value is -0.940. The predicted molar refractivity (Wildman–Crippen MR) is 83.4 cm³/mol.